The summed E-state index contributed by atoms with van der Waals surface area (Å²) in [5.41, 5.74) is 4.40. The van der Waals surface area contributed by atoms with Gasteiger partial charge in [-0.05, 0) is 44.9 Å². The second kappa shape index (κ2) is 6.63. The number of carbonyl (C=O) groups is 1. The van der Waals surface area contributed by atoms with Crippen LogP contribution in [-0.2, 0) is 7.05 Å². The van der Waals surface area contributed by atoms with Gasteiger partial charge in [0.25, 0.3) is 5.91 Å². The summed E-state index contributed by atoms with van der Waals surface area (Å²) in [6.07, 6.45) is 2.24. The van der Waals surface area contributed by atoms with Gasteiger partial charge < -0.3 is 5.32 Å². The van der Waals surface area contributed by atoms with E-state index in [9.17, 15) is 4.79 Å². The molecule has 0 aliphatic carbocycles. The summed E-state index contributed by atoms with van der Waals surface area (Å²) < 4.78 is 1.70. The number of hydrogen-bond donors (Lipinski definition) is 1. The van der Waals surface area contributed by atoms with Crippen molar-refractivity contribution >= 4 is 16.8 Å². The van der Waals surface area contributed by atoms with Gasteiger partial charge in [0.2, 0.25) is 0 Å². The van der Waals surface area contributed by atoms with Gasteiger partial charge in [-0.15, -0.1) is 0 Å². The average molecular weight is 337 g/mol. The SMILES string of the molecule is CC[C@@H](NC(=O)c1c(C)c(C)nc2ccc(C)cc12)c1ncnn1C. The van der Waals surface area contributed by atoms with Crippen molar-refractivity contribution in [1.29, 1.82) is 0 Å². The molecule has 0 spiro atoms. The van der Waals surface area contributed by atoms with Crippen molar-refractivity contribution in [2.75, 3.05) is 0 Å². The van der Waals surface area contributed by atoms with Gasteiger partial charge in [-0.3, -0.25) is 14.5 Å². The average Bonchev–Trinajstić information content (AvgIpc) is 3.00. The molecule has 1 amide bonds. The van der Waals surface area contributed by atoms with Crippen LogP contribution in [0.2, 0.25) is 0 Å². The third kappa shape index (κ3) is 3.12. The molecule has 0 aliphatic heterocycles. The molecule has 6 nitrogen and oxygen atoms in total. The van der Waals surface area contributed by atoms with Crippen LogP contribution < -0.4 is 5.32 Å². The molecule has 0 saturated carbocycles. The van der Waals surface area contributed by atoms with Gasteiger partial charge in [0.15, 0.2) is 0 Å². The molecular weight excluding hydrogens is 314 g/mol. The van der Waals surface area contributed by atoms with Crippen molar-refractivity contribution in [3.8, 4) is 0 Å². The molecule has 25 heavy (non-hydrogen) atoms. The van der Waals surface area contributed by atoms with E-state index in [0.29, 0.717) is 5.56 Å². The van der Waals surface area contributed by atoms with Crippen molar-refractivity contribution in [2.45, 2.75) is 40.2 Å². The molecule has 1 atom stereocenters. The predicted molar refractivity (Wildman–Crippen MR) is 97.5 cm³/mol. The van der Waals surface area contributed by atoms with Crippen LogP contribution in [0.1, 0.15) is 52.4 Å². The minimum Gasteiger partial charge on any atom is -0.342 e. The highest BCUT2D eigenvalue weighted by molar-refractivity contribution is 6.07. The fraction of sp³-hybridized carbons (Fsp3) is 0.368. The van der Waals surface area contributed by atoms with Gasteiger partial charge in [-0.25, -0.2) is 4.98 Å². The van der Waals surface area contributed by atoms with E-state index in [1.54, 1.807) is 4.68 Å². The second-order valence-corrected chi connectivity index (χ2v) is 6.39. The molecule has 2 aromatic heterocycles. The monoisotopic (exact) mass is 337 g/mol. The smallest absolute Gasteiger partial charge is 0.252 e. The highest BCUT2D eigenvalue weighted by atomic mass is 16.1. The van der Waals surface area contributed by atoms with Gasteiger partial charge in [0, 0.05) is 18.1 Å². The summed E-state index contributed by atoms with van der Waals surface area (Å²) in [6.45, 7) is 7.92. The first kappa shape index (κ1) is 17.1. The van der Waals surface area contributed by atoms with Crippen molar-refractivity contribution in [3.05, 3.63) is 52.7 Å². The van der Waals surface area contributed by atoms with Crippen LogP contribution in [0.25, 0.3) is 10.9 Å². The predicted octanol–water partition coefficient (Wildman–Crippen LogP) is 3.17. The first-order valence-electron chi connectivity index (χ1n) is 8.44. The summed E-state index contributed by atoms with van der Waals surface area (Å²) in [4.78, 5) is 22.0. The Morgan fingerprint density at radius 2 is 2.04 bits per heavy atom. The summed E-state index contributed by atoms with van der Waals surface area (Å²) in [5, 5.41) is 8.10. The Balaban J connectivity index is 2.06. The highest BCUT2D eigenvalue weighted by Crippen LogP contribution is 2.25. The van der Waals surface area contributed by atoms with Crippen LogP contribution >= 0.6 is 0 Å². The van der Waals surface area contributed by atoms with Crippen molar-refractivity contribution in [2.24, 2.45) is 7.05 Å². The number of benzene rings is 1. The number of pyridine rings is 1. The van der Waals surface area contributed by atoms with Crippen LogP contribution in [0, 0.1) is 20.8 Å². The highest BCUT2D eigenvalue weighted by Gasteiger charge is 2.22. The summed E-state index contributed by atoms with van der Waals surface area (Å²) in [5.74, 6) is 0.646. The number of hydrogen-bond acceptors (Lipinski definition) is 4. The lowest BCUT2D eigenvalue weighted by atomic mass is 9.99. The normalized spacial score (nSPS) is 12.4. The molecule has 0 fully saturated rings. The van der Waals surface area contributed by atoms with Crippen LogP contribution in [-0.4, -0.2) is 25.7 Å². The number of nitrogens with one attached hydrogen (secondary N) is 1. The Labute approximate surface area is 147 Å². The molecule has 0 radical (unpaired) electrons. The molecule has 0 saturated heterocycles. The van der Waals surface area contributed by atoms with Crippen molar-refractivity contribution in [3.63, 3.8) is 0 Å². The zero-order valence-electron chi connectivity index (χ0n) is 15.3. The number of amides is 1. The molecule has 0 bridgehead atoms. The standard InChI is InChI=1S/C19H23N5O/c1-6-15(18-20-10-21-24(18)5)23-19(25)17-12(3)13(4)22-16-8-7-11(2)9-14(16)17/h7-10,15H,6H2,1-5H3,(H,23,25)/t15-/m1/s1. The minimum atomic E-state index is -0.187. The quantitative estimate of drug-likeness (QED) is 0.793. The molecular formula is C19H23N5O. The van der Waals surface area contributed by atoms with Crippen LogP contribution in [0.3, 0.4) is 0 Å². The fourth-order valence-electron chi connectivity index (χ4n) is 3.09. The molecule has 0 aliphatic rings. The maximum atomic E-state index is 13.1. The van der Waals surface area contributed by atoms with Gasteiger partial charge in [0.1, 0.15) is 12.2 Å². The van der Waals surface area contributed by atoms with Crippen molar-refractivity contribution in [1.82, 2.24) is 25.1 Å². The van der Waals surface area contributed by atoms with E-state index < -0.39 is 0 Å². The number of fused-ring (bicyclic) bond motifs is 1. The second-order valence-electron chi connectivity index (χ2n) is 6.39. The molecule has 1 N–H and O–H groups in total. The number of rotatable bonds is 4. The van der Waals surface area contributed by atoms with E-state index in [4.69, 9.17) is 0 Å². The molecule has 130 valence electrons. The number of aryl methyl sites for hydroxylation is 3. The first-order valence-corrected chi connectivity index (χ1v) is 8.44. The van der Waals surface area contributed by atoms with Crippen LogP contribution in [0.5, 0.6) is 0 Å². The molecule has 2 heterocycles. The third-order valence-electron chi connectivity index (χ3n) is 4.63. The van der Waals surface area contributed by atoms with E-state index in [2.05, 4.69) is 20.4 Å². The maximum Gasteiger partial charge on any atom is 0.252 e. The topological polar surface area (TPSA) is 72.7 Å². The lowest BCUT2D eigenvalue weighted by Crippen LogP contribution is -2.31. The third-order valence-corrected chi connectivity index (χ3v) is 4.63. The Morgan fingerprint density at radius 3 is 2.68 bits per heavy atom. The van der Waals surface area contributed by atoms with Gasteiger partial charge in [-0.2, -0.15) is 5.10 Å². The maximum absolute atomic E-state index is 13.1. The number of aromatic nitrogens is 4. The lowest BCUT2D eigenvalue weighted by Gasteiger charge is -2.18. The van der Waals surface area contributed by atoms with E-state index in [0.717, 1.165) is 40.0 Å². The summed E-state index contributed by atoms with van der Waals surface area (Å²) in [6, 6.07) is 5.81. The Hall–Kier alpha value is -2.76. The van der Waals surface area contributed by atoms with E-state index in [-0.39, 0.29) is 11.9 Å². The Kier molecular flexibility index (Phi) is 4.53. The number of nitrogens with zero attached hydrogens (tertiary/aromatic N) is 4. The number of carbonyl (C=O) groups excluding carboxylic acids is 1. The Morgan fingerprint density at radius 1 is 1.28 bits per heavy atom. The Bertz CT molecular complexity index is 944. The van der Waals surface area contributed by atoms with Crippen LogP contribution in [0.15, 0.2) is 24.5 Å². The van der Waals surface area contributed by atoms with Gasteiger partial charge in [-0.1, -0.05) is 18.6 Å². The fourth-order valence-corrected chi connectivity index (χ4v) is 3.09. The molecule has 1 aromatic carbocycles. The zero-order valence-corrected chi connectivity index (χ0v) is 15.3. The summed E-state index contributed by atoms with van der Waals surface area (Å²) in [7, 11) is 1.83. The summed E-state index contributed by atoms with van der Waals surface area (Å²) >= 11 is 0. The van der Waals surface area contributed by atoms with Gasteiger partial charge >= 0.3 is 0 Å². The van der Waals surface area contributed by atoms with E-state index >= 15 is 0 Å². The molecule has 0 unspecified atom stereocenters. The van der Waals surface area contributed by atoms with Crippen molar-refractivity contribution < 1.29 is 4.79 Å². The molecule has 3 aromatic rings. The molecule has 3 rings (SSSR count). The zero-order chi connectivity index (χ0) is 18.1. The van der Waals surface area contributed by atoms with E-state index in [1.807, 2.05) is 52.9 Å². The lowest BCUT2D eigenvalue weighted by molar-refractivity contribution is 0.0934. The minimum absolute atomic E-state index is 0.103. The van der Waals surface area contributed by atoms with Gasteiger partial charge in [0.05, 0.1) is 17.1 Å². The first-order chi connectivity index (χ1) is 11.9. The van der Waals surface area contributed by atoms with Crippen LogP contribution in [0.4, 0.5) is 0 Å². The van der Waals surface area contributed by atoms with E-state index in [1.165, 1.54) is 6.33 Å². The largest absolute Gasteiger partial charge is 0.342 e. The molecule has 6 heteroatoms.